The molecule has 1 aliphatic carbocycles. The molecule has 2 atom stereocenters. The second-order valence-corrected chi connectivity index (χ2v) is 7.80. The fourth-order valence-electron chi connectivity index (χ4n) is 2.99. The predicted octanol–water partition coefficient (Wildman–Crippen LogP) is 1.77. The first-order valence-electron chi connectivity index (χ1n) is 7.19. The number of carbonyl (C=O) groups is 1. The second kappa shape index (κ2) is 6.07. The average molecular weight is 285 g/mol. The maximum atomic E-state index is 12.6. The molecule has 0 aromatic heterocycles. The van der Waals surface area contributed by atoms with Crippen LogP contribution in [0.15, 0.2) is 12.2 Å². The zero-order valence-corrected chi connectivity index (χ0v) is 12.4. The summed E-state index contributed by atoms with van der Waals surface area (Å²) >= 11 is 0. The first kappa shape index (κ1) is 14.6. The first-order valence-corrected chi connectivity index (χ1v) is 9.01. The fourth-order valence-corrected chi connectivity index (χ4v) is 4.72. The Hall–Kier alpha value is -0.840. The van der Waals surface area contributed by atoms with E-state index in [-0.39, 0.29) is 29.4 Å². The fraction of sp³-hybridized carbons (Fsp3) is 0.786. The largest absolute Gasteiger partial charge is 0.338 e. The Balaban J connectivity index is 2.07. The number of nitrogens with zero attached hydrogens (tertiary/aromatic N) is 1. The molecule has 19 heavy (non-hydrogen) atoms. The van der Waals surface area contributed by atoms with Crippen LogP contribution in [0.4, 0.5) is 0 Å². The van der Waals surface area contributed by atoms with Gasteiger partial charge in [0, 0.05) is 18.5 Å². The Morgan fingerprint density at radius 2 is 2.11 bits per heavy atom. The zero-order valence-electron chi connectivity index (χ0n) is 11.5. The van der Waals surface area contributed by atoms with Gasteiger partial charge in [-0.2, -0.15) is 0 Å². The van der Waals surface area contributed by atoms with Crippen molar-refractivity contribution < 1.29 is 13.2 Å². The van der Waals surface area contributed by atoms with Crippen LogP contribution in [0.1, 0.15) is 39.0 Å². The van der Waals surface area contributed by atoms with Crippen molar-refractivity contribution in [3.63, 3.8) is 0 Å². The summed E-state index contributed by atoms with van der Waals surface area (Å²) in [6.07, 6.45) is 8.34. The van der Waals surface area contributed by atoms with Crippen LogP contribution in [0.2, 0.25) is 0 Å². The minimum Gasteiger partial charge on any atom is -0.338 e. The molecule has 4 nitrogen and oxygen atoms in total. The zero-order chi connectivity index (χ0) is 13.9. The molecule has 0 bridgehead atoms. The van der Waals surface area contributed by atoms with Crippen molar-refractivity contribution in [1.82, 2.24) is 4.90 Å². The van der Waals surface area contributed by atoms with E-state index in [1.807, 2.05) is 11.8 Å². The third kappa shape index (κ3) is 3.59. The van der Waals surface area contributed by atoms with Crippen LogP contribution in [0.5, 0.6) is 0 Å². The molecule has 0 saturated carbocycles. The van der Waals surface area contributed by atoms with Crippen LogP contribution >= 0.6 is 0 Å². The monoisotopic (exact) mass is 285 g/mol. The van der Waals surface area contributed by atoms with E-state index in [4.69, 9.17) is 0 Å². The molecular weight excluding hydrogens is 262 g/mol. The van der Waals surface area contributed by atoms with E-state index in [2.05, 4.69) is 12.2 Å². The normalized spacial score (nSPS) is 29.3. The molecule has 1 heterocycles. The maximum Gasteiger partial charge on any atom is 0.226 e. The van der Waals surface area contributed by atoms with Crippen molar-refractivity contribution in [3.05, 3.63) is 12.2 Å². The number of carbonyl (C=O) groups excluding carboxylic acids is 1. The van der Waals surface area contributed by atoms with Crippen LogP contribution in [-0.4, -0.2) is 43.3 Å². The lowest BCUT2D eigenvalue weighted by Crippen LogP contribution is -2.44. The highest BCUT2D eigenvalue weighted by Crippen LogP contribution is 2.25. The van der Waals surface area contributed by atoms with Gasteiger partial charge in [-0.15, -0.1) is 0 Å². The quantitative estimate of drug-likeness (QED) is 0.740. The molecule has 1 amide bonds. The van der Waals surface area contributed by atoms with E-state index < -0.39 is 9.84 Å². The molecule has 2 rings (SSSR count). The van der Waals surface area contributed by atoms with Gasteiger partial charge in [-0.05, 0) is 32.1 Å². The number of sulfone groups is 1. The average Bonchev–Trinajstić information content (AvgIpc) is 2.76. The standard InChI is InChI=1S/C14H23NO3S/c1-2-9-15(13-8-10-19(17,18)11-13)14(16)12-6-4-3-5-7-12/h3-4,12-13H,2,5-11H2,1H3/t12-,13+/m0/s1. The van der Waals surface area contributed by atoms with Gasteiger partial charge in [0.25, 0.3) is 0 Å². The summed E-state index contributed by atoms with van der Waals surface area (Å²) in [4.78, 5) is 14.4. The predicted molar refractivity (Wildman–Crippen MR) is 75.5 cm³/mol. The second-order valence-electron chi connectivity index (χ2n) is 5.57. The van der Waals surface area contributed by atoms with Gasteiger partial charge in [-0.3, -0.25) is 4.79 Å². The van der Waals surface area contributed by atoms with E-state index in [0.29, 0.717) is 13.0 Å². The Bertz CT molecular complexity index is 455. The third-order valence-corrected chi connectivity index (χ3v) is 5.77. The Kier molecular flexibility index (Phi) is 4.66. The molecule has 0 aromatic rings. The van der Waals surface area contributed by atoms with Gasteiger partial charge in [0.2, 0.25) is 5.91 Å². The Labute approximate surface area is 115 Å². The van der Waals surface area contributed by atoms with Gasteiger partial charge in [0.15, 0.2) is 9.84 Å². The minimum atomic E-state index is -2.93. The molecule has 0 unspecified atom stereocenters. The lowest BCUT2D eigenvalue weighted by atomic mass is 9.92. The summed E-state index contributed by atoms with van der Waals surface area (Å²) in [5.41, 5.74) is 0. The van der Waals surface area contributed by atoms with Gasteiger partial charge in [0.1, 0.15) is 0 Å². The smallest absolute Gasteiger partial charge is 0.226 e. The van der Waals surface area contributed by atoms with Crippen molar-refractivity contribution in [1.29, 1.82) is 0 Å². The number of rotatable bonds is 4. The Morgan fingerprint density at radius 1 is 1.32 bits per heavy atom. The first-order chi connectivity index (χ1) is 9.03. The molecule has 0 N–H and O–H groups in total. The molecule has 0 aromatic carbocycles. The van der Waals surface area contributed by atoms with Crippen molar-refractivity contribution in [2.24, 2.45) is 5.92 Å². The summed E-state index contributed by atoms with van der Waals surface area (Å²) in [5.74, 6) is 0.602. The molecule has 5 heteroatoms. The van der Waals surface area contributed by atoms with Gasteiger partial charge < -0.3 is 4.90 Å². The third-order valence-electron chi connectivity index (χ3n) is 4.02. The van der Waals surface area contributed by atoms with Gasteiger partial charge >= 0.3 is 0 Å². The van der Waals surface area contributed by atoms with Crippen molar-refractivity contribution >= 4 is 15.7 Å². The molecule has 1 saturated heterocycles. The van der Waals surface area contributed by atoms with Crippen LogP contribution in [0.25, 0.3) is 0 Å². The topological polar surface area (TPSA) is 54.5 Å². The van der Waals surface area contributed by atoms with Crippen molar-refractivity contribution in [3.8, 4) is 0 Å². The summed E-state index contributed by atoms with van der Waals surface area (Å²) in [5, 5.41) is 0. The lowest BCUT2D eigenvalue weighted by molar-refractivity contribution is -0.137. The summed E-state index contributed by atoms with van der Waals surface area (Å²) < 4.78 is 23.2. The van der Waals surface area contributed by atoms with Crippen LogP contribution in [-0.2, 0) is 14.6 Å². The molecule has 2 aliphatic rings. The summed E-state index contributed by atoms with van der Waals surface area (Å²) in [6.45, 7) is 2.71. The van der Waals surface area contributed by atoms with Crippen LogP contribution < -0.4 is 0 Å². The van der Waals surface area contributed by atoms with Gasteiger partial charge in [-0.25, -0.2) is 8.42 Å². The molecule has 1 fully saturated rings. The highest BCUT2D eigenvalue weighted by atomic mass is 32.2. The molecule has 0 spiro atoms. The number of hydrogen-bond donors (Lipinski definition) is 0. The van der Waals surface area contributed by atoms with Gasteiger partial charge in [-0.1, -0.05) is 19.1 Å². The van der Waals surface area contributed by atoms with E-state index >= 15 is 0 Å². The van der Waals surface area contributed by atoms with Crippen LogP contribution in [0, 0.1) is 5.92 Å². The SMILES string of the molecule is CCCN(C(=O)[C@H]1CC=CCC1)[C@@H]1CCS(=O)(=O)C1. The molecular formula is C14H23NO3S. The number of hydrogen-bond acceptors (Lipinski definition) is 3. The molecule has 108 valence electrons. The highest BCUT2D eigenvalue weighted by molar-refractivity contribution is 7.91. The van der Waals surface area contributed by atoms with Crippen molar-refractivity contribution in [2.45, 2.75) is 45.1 Å². The number of allylic oxidation sites excluding steroid dienone is 2. The number of amides is 1. The summed E-state index contributed by atoms with van der Waals surface area (Å²) in [6, 6.07) is -0.0941. The lowest BCUT2D eigenvalue weighted by Gasteiger charge is -2.32. The Morgan fingerprint density at radius 3 is 2.63 bits per heavy atom. The maximum absolute atomic E-state index is 12.6. The van der Waals surface area contributed by atoms with Crippen molar-refractivity contribution in [2.75, 3.05) is 18.1 Å². The van der Waals surface area contributed by atoms with Gasteiger partial charge in [0.05, 0.1) is 11.5 Å². The van der Waals surface area contributed by atoms with Crippen LogP contribution in [0.3, 0.4) is 0 Å². The highest BCUT2D eigenvalue weighted by Gasteiger charge is 2.36. The minimum absolute atomic E-state index is 0.0554. The van der Waals surface area contributed by atoms with E-state index in [1.54, 1.807) is 0 Å². The molecule has 0 radical (unpaired) electrons. The molecule has 1 aliphatic heterocycles. The van der Waals surface area contributed by atoms with E-state index in [0.717, 1.165) is 25.7 Å². The van der Waals surface area contributed by atoms with E-state index in [1.165, 1.54) is 0 Å². The van der Waals surface area contributed by atoms with E-state index in [9.17, 15) is 13.2 Å². The summed E-state index contributed by atoms with van der Waals surface area (Å²) in [7, 11) is -2.93.